The molecule has 0 aliphatic carbocycles. The summed E-state index contributed by atoms with van der Waals surface area (Å²) in [6.45, 7) is 3.66. The molecule has 3 nitrogen and oxygen atoms in total. The van der Waals surface area contributed by atoms with Crippen LogP contribution < -0.4 is 5.73 Å². The van der Waals surface area contributed by atoms with Crippen LogP contribution >= 0.6 is 11.3 Å². The lowest BCUT2D eigenvalue weighted by molar-refractivity contribution is 0.343. The Morgan fingerprint density at radius 2 is 2.11 bits per heavy atom. The molecule has 0 atom stereocenters. The molecule has 0 bridgehead atoms. The Hall–Kier alpha value is -1.39. The molecule has 2 N–H and O–H groups in total. The topological polar surface area (TPSA) is 42.1 Å². The Kier molecular flexibility index (Phi) is 3.80. The van der Waals surface area contributed by atoms with Gasteiger partial charge in [0.15, 0.2) is 0 Å². The van der Waals surface area contributed by atoms with Gasteiger partial charge in [-0.3, -0.25) is 0 Å². The van der Waals surface area contributed by atoms with Crippen molar-refractivity contribution < 1.29 is 0 Å². The number of benzene rings is 1. The number of nitrogen functional groups attached to an aromatic ring is 1. The van der Waals surface area contributed by atoms with Crippen LogP contribution in [0.2, 0.25) is 0 Å². The van der Waals surface area contributed by atoms with Gasteiger partial charge in [-0.05, 0) is 38.1 Å². The van der Waals surface area contributed by atoms with E-state index < -0.39 is 0 Å². The van der Waals surface area contributed by atoms with Crippen LogP contribution in [0.3, 0.4) is 0 Å². The van der Waals surface area contributed by atoms with Crippen molar-refractivity contribution in [1.82, 2.24) is 9.88 Å². The van der Waals surface area contributed by atoms with Gasteiger partial charge >= 0.3 is 0 Å². The third kappa shape index (κ3) is 3.14. The van der Waals surface area contributed by atoms with Gasteiger partial charge < -0.3 is 10.6 Å². The molecule has 0 spiro atoms. The molecule has 2 aromatic rings. The lowest BCUT2D eigenvalue weighted by atomic mass is 10.1. The summed E-state index contributed by atoms with van der Waals surface area (Å²) in [6.07, 6.45) is 3.77. The van der Waals surface area contributed by atoms with Crippen molar-refractivity contribution in [2.24, 2.45) is 0 Å². The second-order valence-electron chi connectivity index (χ2n) is 5.05. The maximum atomic E-state index is 5.81. The second kappa shape index (κ2) is 5.72. The first-order chi connectivity index (χ1) is 9.31. The van der Waals surface area contributed by atoms with Gasteiger partial charge in [0.1, 0.15) is 0 Å². The normalized spacial score (nSPS) is 16.0. The van der Waals surface area contributed by atoms with Crippen LogP contribution in [0.25, 0.3) is 11.3 Å². The maximum Gasteiger partial charge on any atom is 0.0945 e. The Labute approximate surface area is 118 Å². The Morgan fingerprint density at radius 1 is 1.26 bits per heavy atom. The molecule has 1 aromatic heterocycles. The number of aromatic nitrogens is 1. The summed E-state index contributed by atoms with van der Waals surface area (Å²) in [4.78, 5) is 7.25. The van der Waals surface area contributed by atoms with E-state index in [1.54, 1.807) is 11.3 Å². The van der Waals surface area contributed by atoms with Crippen molar-refractivity contribution in [3.8, 4) is 11.3 Å². The van der Waals surface area contributed by atoms with Gasteiger partial charge in [0.25, 0.3) is 0 Å². The number of hydrogen-bond donors (Lipinski definition) is 1. The highest BCUT2D eigenvalue weighted by molar-refractivity contribution is 7.09. The van der Waals surface area contributed by atoms with Crippen molar-refractivity contribution in [3.05, 3.63) is 34.7 Å². The highest BCUT2D eigenvalue weighted by Crippen LogP contribution is 2.24. The first-order valence-corrected chi connectivity index (χ1v) is 7.72. The monoisotopic (exact) mass is 273 g/mol. The van der Waals surface area contributed by atoms with E-state index in [1.807, 2.05) is 18.2 Å². The largest absolute Gasteiger partial charge is 0.399 e. The van der Waals surface area contributed by atoms with Crippen LogP contribution in [0.1, 0.15) is 17.8 Å². The van der Waals surface area contributed by atoms with Crippen molar-refractivity contribution in [2.75, 3.05) is 25.4 Å². The van der Waals surface area contributed by atoms with Gasteiger partial charge in [0, 0.05) is 29.6 Å². The summed E-state index contributed by atoms with van der Waals surface area (Å²) in [5, 5.41) is 3.36. The molecule has 0 radical (unpaired) electrons. The summed E-state index contributed by atoms with van der Waals surface area (Å²) >= 11 is 1.76. The molecule has 0 amide bonds. The molecule has 100 valence electrons. The van der Waals surface area contributed by atoms with E-state index in [-0.39, 0.29) is 0 Å². The van der Waals surface area contributed by atoms with Gasteiger partial charge in [-0.2, -0.15) is 0 Å². The Balaban J connectivity index is 1.65. The fourth-order valence-corrected chi connectivity index (χ4v) is 3.31. The third-order valence-corrected chi connectivity index (χ3v) is 4.48. The molecule has 1 fully saturated rings. The molecule has 0 unspecified atom stereocenters. The molecule has 0 saturated carbocycles. The fourth-order valence-electron chi connectivity index (χ4n) is 2.52. The zero-order valence-electron chi connectivity index (χ0n) is 11.0. The minimum atomic E-state index is 0.795. The summed E-state index contributed by atoms with van der Waals surface area (Å²) in [5.74, 6) is 0. The van der Waals surface area contributed by atoms with E-state index in [4.69, 9.17) is 10.7 Å². The molecule has 1 saturated heterocycles. The number of hydrogen-bond acceptors (Lipinski definition) is 4. The van der Waals surface area contributed by atoms with Gasteiger partial charge in [-0.1, -0.05) is 12.1 Å². The Morgan fingerprint density at radius 3 is 2.89 bits per heavy atom. The van der Waals surface area contributed by atoms with Crippen molar-refractivity contribution in [3.63, 3.8) is 0 Å². The highest BCUT2D eigenvalue weighted by atomic mass is 32.1. The number of rotatable bonds is 4. The smallest absolute Gasteiger partial charge is 0.0945 e. The molecule has 1 aromatic carbocycles. The first-order valence-electron chi connectivity index (χ1n) is 6.84. The van der Waals surface area contributed by atoms with E-state index in [1.165, 1.54) is 30.9 Å². The fraction of sp³-hybridized carbons (Fsp3) is 0.400. The zero-order chi connectivity index (χ0) is 13.1. The van der Waals surface area contributed by atoms with Crippen LogP contribution in [0.15, 0.2) is 29.6 Å². The van der Waals surface area contributed by atoms with Crippen LogP contribution in [0, 0.1) is 0 Å². The predicted molar refractivity (Wildman–Crippen MR) is 81.3 cm³/mol. The molecule has 2 heterocycles. The molecule has 1 aliphatic heterocycles. The minimum absolute atomic E-state index is 0.795. The van der Waals surface area contributed by atoms with Crippen LogP contribution in [-0.2, 0) is 6.42 Å². The highest BCUT2D eigenvalue weighted by Gasteiger charge is 2.12. The minimum Gasteiger partial charge on any atom is -0.399 e. The number of thiazole rings is 1. The van der Waals surface area contributed by atoms with E-state index in [2.05, 4.69) is 16.3 Å². The van der Waals surface area contributed by atoms with E-state index >= 15 is 0 Å². The lowest BCUT2D eigenvalue weighted by Gasteiger charge is -2.12. The maximum absolute atomic E-state index is 5.81. The van der Waals surface area contributed by atoms with Crippen molar-refractivity contribution in [1.29, 1.82) is 0 Å². The predicted octanol–water partition coefficient (Wildman–Crippen LogP) is 3.03. The molecule has 1 aliphatic rings. The van der Waals surface area contributed by atoms with Gasteiger partial charge in [-0.15, -0.1) is 11.3 Å². The SMILES string of the molecule is Nc1cccc(-c2csc(CCN3CCCC3)n2)c1. The van der Waals surface area contributed by atoms with Crippen LogP contribution in [0.4, 0.5) is 5.69 Å². The summed E-state index contributed by atoms with van der Waals surface area (Å²) < 4.78 is 0. The van der Waals surface area contributed by atoms with E-state index in [0.29, 0.717) is 0 Å². The summed E-state index contributed by atoms with van der Waals surface area (Å²) in [7, 11) is 0. The Bertz CT molecular complexity index is 544. The summed E-state index contributed by atoms with van der Waals surface area (Å²) in [6, 6.07) is 7.94. The van der Waals surface area contributed by atoms with Gasteiger partial charge in [0.05, 0.1) is 10.7 Å². The molecule has 19 heavy (non-hydrogen) atoms. The van der Waals surface area contributed by atoms with Gasteiger partial charge in [-0.25, -0.2) is 4.98 Å². The average molecular weight is 273 g/mol. The molecule has 4 heteroatoms. The number of nitrogens with zero attached hydrogens (tertiary/aromatic N) is 2. The zero-order valence-corrected chi connectivity index (χ0v) is 11.8. The molecular formula is C15H19N3S. The van der Waals surface area contributed by atoms with Crippen LogP contribution in [0.5, 0.6) is 0 Å². The van der Waals surface area contributed by atoms with Crippen LogP contribution in [-0.4, -0.2) is 29.5 Å². The standard InChI is InChI=1S/C15H19N3S/c16-13-5-3-4-12(10-13)14-11-19-15(17-14)6-9-18-7-1-2-8-18/h3-5,10-11H,1-2,6-9,16H2. The number of likely N-dealkylation sites (tertiary alicyclic amines) is 1. The van der Waals surface area contributed by atoms with E-state index in [9.17, 15) is 0 Å². The van der Waals surface area contributed by atoms with Crippen molar-refractivity contribution in [2.45, 2.75) is 19.3 Å². The first kappa shape index (κ1) is 12.6. The lowest BCUT2D eigenvalue weighted by Crippen LogP contribution is -2.21. The van der Waals surface area contributed by atoms with Crippen molar-refractivity contribution >= 4 is 17.0 Å². The number of nitrogens with two attached hydrogens (primary N) is 1. The van der Waals surface area contributed by atoms with Gasteiger partial charge in [0.2, 0.25) is 0 Å². The van der Waals surface area contributed by atoms with E-state index in [0.717, 1.165) is 29.9 Å². The molecule has 3 rings (SSSR count). The third-order valence-electron chi connectivity index (χ3n) is 3.57. The molecular weight excluding hydrogens is 254 g/mol. The second-order valence-corrected chi connectivity index (χ2v) is 5.99. The number of anilines is 1. The quantitative estimate of drug-likeness (QED) is 0.871. The summed E-state index contributed by atoms with van der Waals surface area (Å²) in [5.41, 5.74) is 8.77. The average Bonchev–Trinajstić information content (AvgIpc) is 3.08.